The van der Waals surface area contributed by atoms with E-state index >= 15 is 0 Å². The van der Waals surface area contributed by atoms with Crippen molar-refractivity contribution in [3.63, 3.8) is 0 Å². The minimum Gasteiger partial charge on any atom is -0.342 e. The molecule has 1 aliphatic heterocycles. The van der Waals surface area contributed by atoms with E-state index in [1.165, 1.54) is 0 Å². The maximum atomic E-state index is 12.3. The Kier molecular flexibility index (Phi) is 4.46. The van der Waals surface area contributed by atoms with Crippen LogP contribution in [-0.2, 0) is 11.3 Å². The van der Waals surface area contributed by atoms with Gasteiger partial charge in [0.2, 0.25) is 6.41 Å². The first-order valence-corrected chi connectivity index (χ1v) is 6.32. The van der Waals surface area contributed by atoms with E-state index in [0.717, 1.165) is 12.1 Å². The molecule has 0 radical (unpaired) electrons. The highest BCUT2D eigenvalue weighted by Gasteiger charge is 2.21. The molecule has 2 heterocycles. The van der Waals surface area contributed by atoms with Crippen LogP contribution in [0.25, 0.3) is 0 Å². The van der Waals surface area contributed by atoms with Crippen molar-refractivity contribution < 1.29 is 9.59 Å². The molecule has 2 rings (SSSR count). The van der Waals surface area contributed by atoms with Crippen molar-refractivity contribution in [3.05, 3.63) is 29.6 Å². The van der Waals surface area contributed by atoms with Gasteiger partial charge in [-0.25, -0.2) is 0 Å². The Bertz CT molecular complexity index is 456. The zero-order valence-corrected chi connectivity index (χ0v) is 11.0. The van der Waals surface area contributed by atoms with Gasteiger partial charge in [-0.3, -0.25) is 14.6 Å². The molecule has 0 aromatic carbocycles. The summed E-state index contributed by atoms with van der Waals surface area (Å²) >= 11 is 0. The van der Waals surface area contributed by atoms with Gasteiger partial charge < -0.3 is 15.1 Å². The summed E-state index contributed by atoms with van der Waals surface area (Å²) in [6, 6.07) is 3.54. The number of nitrogens with zero attached hydrogens (tertiary/aromatic N) is 3. The predicted molar refractivity (Wildman–Crippen MR) is 70.5 cm³/mol. The van der Waals surface area contributed by atoms with Gasteiger partial charge >= 0.3 is 0 Å². The van der Waals surface area contributed by atoms with E-state index < -0.39 is 0 Å². The molecule has 1 N–H and O–H groups in total. The Morgan fingerprint density at radius 1 is 1.42 bits per heavy atom. The van der Waals surface area contributed by atoms with Crippen molar-refractivity contribution in [3.8, 4) is 0 Å². The summed E-state index contributed by atoms with van der Waals surface area (Å²) in [5, 5.41) is 3.01. The van der Waals surface area contributed by atoms with E-state index in [-0.39, 0.29) is 5.91 Å². The molecule has 6 heteroatoms. The molecular weight excluding hydrogens is 244 g/mol. The molecule has 0 atom stereocenters. The quantitative estimate of drug-likeness (QED) is 0.758. The molecule has 102 valence electrons. The normalized spacial score (nSPS) is 15.4. The van der Waals surface area contributed by atoms with Crippen LogP contribution in [0, 0.1) is 0 Å². The third-order valence-electron chi connectivity index (χ3n) is 3.17. The van der Waals surface area contributed by atoms with Crippen LogP contribution in [0.15, 0.2) is 18.3 Å². The molecule has 1 fully saturated rings. The van der Waals surface area contributed by atoms with E-state index in [2.05, 4.69) is 10.3 Å². The SMILES string of the molecule is CNCc1cc(C(=O)N2CCN(C=O)CC2)ccn1. The number of pyridine rings is 1. The number of hydrogen-bond donors (Lipinski definition) is 1. The highest BCUT2D eigenvalue weighted by Crippen LogP contribution is 2.09. The fourth-order valence-electron chi connectivity index (χ4n) is 2.10. The predicted octanol–water partition coefficient (Wildman–Crippen LogP) is -0.285. The van der Waals surface area contributed by atoms with Crippen molar-refractivity contribution in [1.29, 1.82) is 0 Å². The Morgan fingerprint density at radius 3 is 2.79 bits per heavy atom. The first-order valence-electron chi connectivity index (χ1n) is 6.32. The zero-order valence-electron chi connectivity index (χ0n) is 11.0. The van der Waals surface area contributed by atoms with Gasteiger partial charge in [0.15, 0.2) is 0 Å². The highest BCUT2D eigenvalue weighted by atomic mass is 16.2. The van der Waals surface area contributed by atoms with Crippen LogP contribution in [-0.4, -0.2) is 60.3 Å². The molecule has 0 unspecified atom stereocenters. The van der Waals surface area contributed by atoms with E-state index in [0.29, 0.717) is 38.3 Å². The maximum Gasteiger partial charge on any atom is 0.254 e. The Balaban J connectivity index is 2.03. The van der Waals surface area contributed by atoms with Crippen molar-refractivity contribution in [2.45, 2.75) is 6.54 Å². The van der Waals surface area contributed by atoms with Gasteiger partial charge in [-0.1, -0.05) is 0 Å². The first-order chi connectivity index (χ1) is 9.24. The molecule has 1 aliphatic rings. The fraction of sp³-hybridized carbons (Fsp3) is 0.462. The van der Waals surface area contributed by atoms with Crippen LogP contribution in [0.4, 0.5) is 0 Å². The number of piperazine rings is 1. The van der Waals surface area contributed by atoms with Gasteiger partial charge in [0.1, 0.15) is 0 Å². The van der Waals surface area contributed by atoms with E-state index in [1.54, 1.807) is 22.1 Å². The standard InChI is InChI=1S/C13H18N4O2/c1-14-9-12-8-11(2-3-15-12)13(19)17-6-4-16(10-18)5-7-17/h2-3,8,10,14H,4-7,9H2,1H3. The summed E-state index contributed by atoms with van der Waals surface area (Å²) in [6.45, 7) is 3.01. The number of amides is 2. The van der Waals surface area contributed by atoms with Gasteiger partial charge in [-0.2, -0.15) is 0 Å². The molecule has 0 saturated carbocycles. The summed E-state index contributed by atoms with van der Waals surface area (Å²) in [5.74, 6) is 0.00491. The van der Waals surface area contributed by atoms with E-state index in [4.69, 9.17) is 0 Å². The molecular formula is C13H18N4O2. The third kappa shape index (κ3) is 3.29. The van der Waals surface area contributed by atoms with Crippen LogP contribution >= 0.6 is 0 Å². The summed E-state index contributed by atoms with van der Waals surface area (Å²) in [6.07, 6.45) is 2.49. The molecule has 0 bridgehead atoms. The number of aromatic nitrogens is 1. The van der Waals surface area contributed by atoms with Gasteiger partial charge in [0.25, 0.3) is 5.91 Å². The van der Waals surface area contributed by atoms with Crippen LogP contribution in [0.3, 0.4) is 0 Å². The van der Waals surface area contributed by atoms with Gasteiger partial charge in [0.05, 0.1) is 5.69 Å². The smallest absolute Gasteiger partial charge is 0.254 e. The molecule has 19 heavy (non-hydrogen) atoms. The largest absolute Gasteiger partial charge is 0.342 e. The summed E-state index contributed by atoms with van der Waals surface area (Å²) < 4.78 is 0. The van der Waals surface area contributed by atoms with Gasteiger partial charge in [-0.05, 0) is 19.2 Å². The summed E-state index contributed by atoms with van der Waals surface area (Å²) in [4.78, 5) is 30.6. The molecule has 6 nitrogen and oxygen atoms in total. The first kappa shape index (κ1) is 13.5. The average molecular weight is 262 g/mol. The topological polar surface area (TPSA) is 65.5 Å². The monoisotopic (exact) mass is 262 g/mol. The Morgan fingerprint density at radius 2 is 2.16 bits per heavy atom. The minimum absolute atomic E-state index is 0.00491. The lowest BCUT2D eigenvalue weighted by Crippen LogP contribution is -2.48. The average Bonchev–Trinajstić information content (AvgIpc) is 2.47. The zero-order chi connectivity index (χ0) is 13.7. The number of hydrogen-bond acceptors (Lipinski definition) is 4. The van der Waals surface area contributed by atoms with Crippen molar-refractivity contribution in [2.75, 3.05) is 33.2 Å². The summed E-state index contributed by atoms with van der Waals surface area (Å²) in [5.41, 5.74) is 1.50. The number of carbonyl (C=O) groups is 2. The maximum absolute atomic E-state index is 12.3. The lowest BCUT2D eigenvalue weighted by atomic mass is 10.2. The second-order valence-corrected chi connectivity index (χ2v) is 4.50. The van der Waals surface area contributed by atoms with Crippen LogP contribution in [0.5, 0.6) is 0 Å². The molecule has 1 saturated heterocycles. The summed E-state index contributed by atoms with van der Waals surface area (Å²) in [7, 11) is 1.84. The molecule has 1 aromatic rings. The van der Waals surface area contributed by atoms with E-state index in [1.807, 2.05) is 13.1 Å². The van der Waals surface area contributed by atoms with E-state index in [9.17, 15) is 9.59 Å². The lowest BCUT2D eigenvalue weighted by molar-refractivity contribution is -0.119. The van der Waals surface area contributed by atoms with Crippen LogP contribution in [0.2, 0.25) is 0 Å². The van der Waals surface area contributed by atoms with Crippen molar-refractivity contribution >= 4 is 12.3 Å². The molecule has 2 amide bonds. The molecule has 1 aromatic heterocycles. The second-order valence-electron chi connectivity index (χ2n) is 4.50. The minimum atomic E-state index is 0.00491. The molecule has 0 spiro atoms. The van der Waals surface area contributed by atoms with Crippen LogP contribution < -0.4 is 5.32 Å². The van der Waals surface area contributed by atoms with Gasteiger partial charge in [0, 0.05) is 44.5 Å². The number of carbonyl (C=O) groups excluding carboxylic acids is 2. The van der Waals surface area contributed by atoms with Crippen molar-refractivity contribution in [2.24, 2.45) is 0 Å². The lowest BCUT2D eigenvalue weighted by Gasteiger charge is -2.32. The highest BCUT2D eigenvalue weighted by molar-refractivity contribution is 5.94. The van der Waals surface area contributed by atoms with Crippen molar-refractivity contribution in [1.82, 2.24) is 20.1 Å². The fourth-order valence-corrected chi connectivity index (χ4v) is 2.10. The Labute approximate surface area is 112 Å². The Hall–Kier alpha value is -1.95. The van der Waals surface area contributed by atoms with Gasteiger partial charge in [-0.15, -0.1) is 0 Å². The number of nitrogens with one attached hydrogen (secondary N) is 1. The number of rotatable bonds is 4. The second kappa shape index (κ2) is 6.29. The van der Waals surface area contributed by atoms with Crippen LogP contribution in [0.1, 0.15) is 16.1 Å². The molecule has 0 aliphatic carbocycles. The third-order valence-corrected chi connectivity index (χ3v) is 3.17.